The summed E-state index contributed by atoms with van der Waals surface area (Å²) in [7, 11) is 0. The molecule has 0 aromatic heterocycles. The van der Waals surface area contributed by atoms with Gasteiger partial charge in [-0.25, -0.2) is 13.7 Å². The highest BCUT2D eigenvalue weighted by Crippen LogP contribution is 2.31. The Kier molecular flexibility index (Phi) is 4.30. The summed E-state index contributed by atoms with van der Waals surface area (Å²) in [5.41, 5.74) is 0.330. The molecule has 0 bridgehead atoms. The van der Waals surface area contributed by atoms with Crippen LogP contribution in [0.4, 0.5) is 20.2 Å². The first-order chi connectivity index (χ1) is 13.4. The third-order valence-electron chi connectivity index (χ3n) is 4.34. The second-order valence-corrected chi connectivity index (χ2v) is 6.24. The van der Waals surface area contributed by atoms with Gasteiger partial charge in [0, 0.05) is 5.69 Å². The van der Waals surface area contributed by atoms with Crippen molar-refractivity contribution in [3.63, 3.8) is 0 Å². The van der Waals surface area contributed by atoms with Gasteiger partial charge in [0.15, 0.2) is 12.1 Å². The molecule has 2 aromatic carbocycles. The van der Waals surface area contributed by atoms with Gasteiger partial charge in [0.05, 0.1) is 5.69 Å². The standard InChI is InChI=1S/C18H13F2N5O3/c19-10-3-1-5-12(7-10)21-14(26)9-24-16-15(22-23-24)17(27)25(18(16)28)13-6-2-4-11(20)8-13/h1-8,15-16H,9H2,(H,21,26)/t15-,16+/m0/s1. The first-order valence-corrected chi connectivity index (χ1v) is 8.30. The highest BCUT2D eigenvalue weighted by Gasteiger charge is 2.55. The third-order valence-corrected chi connectivity index (χ3v) is 4.34. The summed E-state index contributed by atoms with van der Waals surface area (Å²) in [5.74, 6) is -2.96. The second kappa shape index (κ2) is 6.80. The fourth-order valence-electron chi connectivity index (χ4n) is 3.14. The molecule has 28 heavy (non-hydrogen) atoms. The molecule has 2 aliphatic heterocycles. The largest absolute Gasteiger partial charge is 0.324 e. The van der Waals surface area contributed by atoms with E-state index in [1.807, 2.05) is 0 Å². The third kappa shape index (κ3) is 3.08. The minimum atomic E-state index is -1.10. The molecule has 10 heteroatoms. The Bertz CT molecular complexity index is 1010. The van der Waals surface area contributed by atoms with Crippen LogP contribution in [0.3, 0.4) is 0 Å². The number of amides is 3. The number of halogens is 2. The van der Waals surface area contributed by atoms with Crippen LogP contribution < -0.4 is 10.2 Å². The van der Waals surface area contributed by atoms with E-state index in [1.165, 1.54) is 36.4 Å². The number of carbonyl (C=O) groups excluding carboxylic acids is 3. The molecule has 0 aliphatic carbocycles. The molecular weight excluding hydrogens is 372 g/mol. The number of anilines is 2. The lowest BCUT2D eigenvalue weighted by Crippen LogP contribution is -2.43. The van der Waals surface area contributed by atoms with Gasteiger partial charge in [0.1, 0.15) is 18.2 Å². The molecule has 0 radical (unpaired) electrons. The van der Waals surface area contributed by atoms with E-state index in [0.717, 1.165) is 22.0 Å². The molecule has 1 fully saturated rings. The molecule has 1 saturated heterocycles. The second-order valence-electron chi connectivity index (χ2n) is 6.24. The predicted molar refractivity (Wildman–Crippen MR) is 93.1 cm³/mol. The number of nitrogens with zero attached hydrogens (tertiary/aromatic N) is 4. The highest BCUT2D eigenvalue weighted by atomic mass is 19.1. The molecule has 1 N–H and O–H groups in total. The van der Waals surface area contributed by atoms with E-state index in [1.54, 1.807) is 0 Å². The molecule has 0 unspecified atom stereocenters. The monoisotopic (exact) mass is 385 g/mol. The molecule has 2 heterocycles. The Hall–Kier alpha value is -3.69. The van der Waals surface area contributed by atoms with Crippen LogP contribution in [0, 0.1) is 11.6 Å². The van der Waals surface area contributed by atoms with Gasteiger partial charge in [-0.05, 0) is 36.4 Å². The van der Waals surface area contributed by atoms with Gasteiger partial charge in [0.25, 0.3) is 11.8 Å². The van der Waals surface area contributed by atoms with E-state index in [4.69, 9.17) is 0 Å². The molecule has 0 saturated carbocycles. The lowest BCUT2D eigenvalue weighted by Gasteiger charge is -2.20. The topological polar surface area (TPSA) is 94.4 Å². The molecule has 142 valence electrons. The normalized spacial score (nSPS) is 20.6. The van der Waals surface area contributed by atoms with Crippen molar-refractivity contribution in [3.8, 4) is 0 Å². The van der Waals surface area contributed by atoms with E-state index in [0.29, 0.717) is 0 Å². The Morgan fingerprint density at radius 3 is 2.46 bits per heavy atom. The summed E-state index contributed by atoms with van der Waals surface area (Å²) in [5, 5.41) is 11.1. The van der Waals surface area contributed by atoms with Crippen molar-refractivity contribution in [2.24, 2.45) is 10.3 Å². The number of rotatable bonds is 4. The van der Waals surface area contributed by atoms with E-state index in [-0.39, 0.29) is 17.9 Å². The zero-order valence-corrected chi connectivity index (χ0v) is 14.3. The molecule has 4 rings (SSSR count). The number of benzene rings is 2. The Labute approximate surface area is 157 Å². The van der Waals surface area contributed by atoms with Crippen LogP contribution >= 0.6 is 0 Å². The van der Waals surface area contributed by atoms with Gasteiger partial charge < -0.3 is 5.32 Å². The smallest absolute Gasteiger partial charge is 0.263 e. The van der Waals surface area contributed by atoms with Crippen LogP contribution in [-0.2, 0) is 14.4 Å². The molecule has 2 atom stereocenters. The van der Waals surface area contributed by atoms with Crippen molar-refractivity contribution in [1.82, 2.24) is 5.01 Å². The summed E-state index contributed by atoms with van der Waals surface area (Å²) in [4.78, 5) is 38.3. The Morgan fingerprint density at radius 2 is 1.75 bits per heavy atom. The van der Waals surface area contributed by atoms with Crippen LogP contribution in [0.2, 0.25) is 0 Å². The minimum absolute atomic E-state index is 0.0868. The number of carbonyl (C=O) groups is 3. The van der Waals surface area contributed by atoms with Crippen LogP contribution in [0.1, 0.15) is 0 Å². The summed E-state index contributed by atoms with van der Waals surface area (Å²) in [6, 6.07) is 8.20. The minimum Gasteiger partial charge on any atom is -0.324 e. The fourth-order valence-corrected chi connectivity index (χ4v) is 3.14. The maximum absolute atomic E-state index is 13.5. The zero-order chi connectivity index (χ0) is 19.8. The number of hydrogen-bond donors (Lipinski definition) is 1. The number of fused-ring (bicyclic) bond motifs is 1. The van der Waals surface area contributed by atoms with Gasteiger partial charge >= 0.3 is 0 Å². The SMILES string of the molecule is O=C(CN1N=N[C@@H]2C(=O)N(c3cccc(F)c3)C(=O)[C@@H]21)Nc1cccc(F)c1. The average molecular weight is 385 g/mol. The van der Waals surface area contributed by atoms with Crippen molar-refractivity contribution in [3.05, 3.63) is 60.2 Å². The molecule has 2 aromatic rings. The molecule has 2 aliphatic rings. The van der Waals surface area contributed by atoms with Crippen LogP contribution in [0.25, 0.3) is 0 Å². The lowest BCUT2D eigenvalue weighted by atomic mass is 10.1. The van der Waals surface area contributed by atoms with E-state index in [9.17, 15) is 23.2 Å². The van der Waals surface area contributed by atoms with Crippen molar-refractivity contribution in [2.45, 2.75) is 12.1 Å². The Balaban J connectivity index is 1.49. The van der Waals surface area contributed by atoms with Crippen LogP contribution in [0.5, 0.6) is 0 Å². The molecule has 0 spiro atoms. The number of hydrogen-bond acceptors (Lipinski definition) is 6. The van der Waals surface area contributed by atoms with Gasteiger partial charge in [-0.1, -0.05) is 17.4 Å². The van der Waals surface area contributed by atoms with Gasteiger partial charge in [-0.3, -0.25) is 19.4 Å². The van der Waals surface area contributed by atoms with Gasteiger partial charge in [0.2, 0.25) is 5.91 Å². The van der Waals surface area contributed by atoms with E-state index < -0.39 is 41.4 Å². The average Bonchev–Trinajstić information content (AvgIpc) is 3.15. The zero-order valence-electron chi connectivity index (χ0n) is 14.3. The maximum Gasteiger partial charge on any atom is 0.263 e. The quantitative estimate of drug-likeness (QED) is 0.814. The van der Waals surface area contributed by atoms with Crippen molar-refractivity contribution in [1.29, 1.82) is 0 Å². The first-order valence-electron chi connectivity index (χ1n) is 8.30. The summed E-state index contributed by atoms with van der Waals surface area (Å²) in [6.07, 6.45) is 0. The highest BCUT2D eigenvalue weighted by molar-refractivity contribution is 6.25. The van der Waals surface area contributed by atoms with Crippen molar-refractivity contribution in [2.75, 3.05) is 16.8 Å². The van der Waals surface area contributed by atoms with Crippen LogP contribution in [-0.4, -0.2) is 41.4 Å². The Morgan fingerprint density at radius 1 is 1.04 bits per heavy atom. The first kappa shape index (κ1) is 17.7. The maximum atomic E-state index is 13.5. The van der Waals surface area contributed by atoms with Gasteiger partial charge in [-0.2, -0.15) is 5.11 Å². The van der Waals surface area contributed by atoms with E-state index >= 15 is 0 Å². The van der Waals surface area contributed by atoms with Gasteiger partial charge in [-0.15, -0.1) is 0 Å². The lowest BCUT2D eigenvalue weighted by molar-refractivity contribution is -0.123. The molecule has 8 nitrogen and oxygen atoms in total. The molecule has 3 amide bonds. The summed E-state index contributed by atoms with van der Waals surface area (Å²) >= 11 is 0. The van der Waals surface area contributed by atoms with Crippen molar-refractivity contribution < 1.29 is 23.2 Å². The van der Waals surface area contributed by atoms with Crippen LogP contribution in [0.15, 0.2) is 58.9 Å². The predicted octanol–water partition coefficient (Wildman–Crippen LogP) is 1.90. The van der Waals surface area contributed by atoms with E-state index in [2.05, 4.69) is 15.7 Å². The number of imide groups is 1. The summed E-state index contributed by atoms with van der Waals surface area (Å²) in [6.45, 7) is -0.364. The van der Waals surface area contributed by atoms with Crippen molar-refractivity contribution >= 4 is 29.1 Å². The molecular formula is C18H13F2N5O3. The summed E-state index contributed by atoms with van der Waals surface area (Å²) < 4.78 is 26.7. The number of nitrogens with one attached hydrogen (secondary N) is 1. The fraction of sp³-hybridized carbons (Fsp3) is 0.167.